The van der Waals surface area contributed by atoms with Gasteiger partial charge in [-0.2, -0.15) is 5.26 Å². The minimum absolute atomic E-state index is 0.00741. The molecule has 0 saturated carbocycles. The Morgan fingerprint density at radius 1 is 1.35 bits per heavy atom. The van der Waals surface area contributed by atoms with Gasteiger partial charge in [-0.05, 0) is 30.7 Å². The number of esters is 1. The molecule has 0 aliphatic carbocycles. The first-order valence-electron chi connectivity index (χ1n) is 7.62. The molecule has 1 aromatic carbocycles. The van der Waals surface area contributed by atoms with Crippen LogP contribution in [-0.4, -0.2) is 34.7 Å². The third-order valence-corrected chi connectivity index (χ3v) is 4.22. The molecule has 0 aliphatic heterocycles. The first-order chi connectivity index (χ1) is 12.5. The van der Waals surface area contributed by atoms with Crippen LogP contribution in [0.4, 0.5) is 5.69 Å². The van der Waals surface area contributed by atoms with Crippen LogP contribution in [0.3, 0.4) is 0 Å². The van der Waals surface area contributed by atoms with Crippen molar-refractivity contribution in [2.24, 2.45) is 0 Å². The highest BCUT2D eigenvalue weighted by Gasteiger charge is 2.12. The number of aryl methyl sites for hydroxylation is 1. The van der Waals surface area contributed by atoms with Gasteiger partial charge in [-0.1, -0.05) is 18.7 Å². The van der Waals surface area contributed by atoms with E-state index in [9.17, 15) is 14.4 Å². The van der Waals surface area contributed by atoms with Crippen molar-refractivity contribution in [1.82, 2.24) is 9.97 Å². The van der Waals surface area contributed by atoms with E-state index in [0.29, 0.717) is 23.4 Å². The normalized spacial score (nSPS) is 10.0. The van der Waals surface area contributed by atoms with Crippen molar-refractivity contribution in [3.05, 3.63) is 51.4 Å². The second kappa shape index (κ2) is 8.82. The number of carbonyl (C=O) groups excluding carboxylic acids is 2. The van der Waals surface area contributed by atoms with Crippen LogP contribution >= 0.6 is 11.8 Å². The van der Waals surface area contributed by atoms with Crippen LogP contribution in [0.2, 0.25) is 0 Å². The van der Waals surface area contributed by atoms with Crippen LogP contribution in [0.5, 0.6) is 0 Å². The summed E-state index contributed by atoms with van der Waals surface area (Å²) in [6, 6.07) is 8.09. The van der Waals surface area contributed by atoms with Crippen molar-refractivity contribution in [3.63, 3.8) is 0 Å². The van der Waals surface area contributed by atoms with Gasteiger partial charge in [-0.3, -0.25) is 9.59 Å². The van der Waals surface area contributed by atoms with Gasteiger partial charge in [0.2, 0.25) is 5.91 Å². The molecule has 0 bridgehead atoms. The van der Waals surface area contributed by atoms with Gasteiger partial charge in [0, 0.05) is 5.69 Å². The molecule has 1 amide bonds. The molecular formula is C17H16N4O4S. The maximum absolute atomic E-state index is 12.0. The zero-order valence-electron chi connectivity index (χ0n) is 14.2. The summed E-state index contributed by atoms with van der Waals surface area (Å²) in [7, 11) is 1.29. The Morgan fingerprint density at radius 3 is 2.62 bits per heavy atom. The number of hydrogen-bond acceptors (Lipinski definition) is 7. The largest absolute Gasteiger partial charge is 0.465 e. The van der Waals surface area contributed by atoms with E-state index in [-0.39, 0.29) is 22.4 Å². The van der Waals surface area contributed by atoms with Crippen LogP contribution in [0, 0.1) is 11.3 Å². The number of aromatic amines is 1. The van der Waals surface area contributed by atoms with Crippen molar-refractivity contribution < 1.29 is 14.3 Å². The Hall–Kier alpha value is -3.12. The van der Waals surface area contributed by atoms with E-state index in [1.807, 2.05) is 6.07 Å². The lowest BCUT2D eigenvalue weighted by Crippen LogP contribution is -2.18. The lowest BCUT2D eigenvalue weighted by molar-refractivity contribution is -0.113. The Kier molecular flexibility index (Phi) is 6.52. The number of hydrogen-bond donors (Lipinski definition) is 2. The summed E-state index contributed by atoms with van der Waals surface area (Å²) in [6.45, 7) is 1.79. The molecule has 0 saturated heterocycles. The van der Waals surface area contributed by atoms with Gasteiger partial charge in [0.1, 0.15) is 11.6 Å². The highest BCUT2D eigenvalue weighted by Crippen LogP contribution is 2.15. The minimum atomic E-state index is -0.513. The maximum atomic E-state index is 12.0. The van der Waals surface area contributed by atoms with Gasteiger partial charge < -0.3 is 15.0 Å². The summed E-state index contributed by atoms with van der Waals surface area (Å²) in [5, 5.41) is 11.9. The van der Waals surface area contributed by atoms with Crippen LogP contribution < -0.4 is 10.9 Å². The molecule has 0 spiro atoms. The molecule has 2 aromatic rings. The average Bonchev–Trinajstić information content (AvgIpc) is 2.65. The summed E-state index contributed by atoms with van der Waals surface area (Å²) in [6.07, 6.45) is 0.444. The fourth-order valence-corrected chi connectivity index (χ4v) is 2.75. The van der Waals surface area contributed by atoms with Gasteiger partial charge in [0.25, 0.3) is 5.56 Å². The predicted octanol–water partition coefficient (Wildman–Crippen LogP) is 1.72. The molecule has 0 fully saturated rings. The number of nitrogens with zero attached hydrogens (tertiary/aromatic N) is 2. The third-order valence-electron chi connectivity index (χ3n) is 3.35. The van der Waals surface area contributed by atoms with Gasteiger partial charge >= 0.3 is 5.97 Å². The van der Waals surface area contributed by atoms with Crippen LogP contribution in [0.25, 0.3) is 0 Å². The highest BCUT2D eigenvalue weighted by molar-refractivity contribution is 7.99. The molecule has 0 radical (unpaired) electrons. The zero-order valence-corrected chi connectivity index (χ0v) is 15.0. The number of H-pyrrole nitrogens is 1. The standard InChI is InChI=1S/C17H16N4O4S/c1-3-13-12(8-18)15(23)21-17(20-13)26-9-14(22)19-11-6-4-10(5-7-11)16(24)25-2/h4-7H,3,9H2,1-2H3,(H,19,22)(H,20,21,23). The highest BCUT2D eigenvalue weighted by atomic mass is 32.2. The van der Waals surface area contributed by atoms with E-state index in [1.165, 1.54) is 7.11 Å². The molecule has 26 heavy (non-hydrogen) atoms. The number of carbonyl (C=O) groups is 2. The fraction of sp³-hybridized carbons (Fsp3) is 0.235. The number of methoxy groups -OCH3 is 1. The van der Waals surface area contributed by atoms with Crippen molar-refractivity contribution in [2.75, 3.05) is 18.2 Å². The molecule has 1 aromatic heterocycles. The van der Waals surface area contributed by atoms with Crippen molar-refractivity contribution in [2.45, 2.75) is 18.5 Å². The van der Waals surface area contributed by atoms with Crippen LogP contribution in [0.1, 0.15) is 28.5 Å². The van der Waals surface area contributed by atoms with Crippen LogP contribution in [-0.2, 0) is 16.0 Å². The van der Waals surface area contributed by atoms with E-state index >= 15 is 0 Å². The second-order valence-electron chi connectivity index (χ2n) is 5.06. The van der Waals surface area contributed by atoms with Crippen molar-refractivity contribution in [1.29, 1.82) is 5.26 Å². The van der Waals surface area contributed by atoms with E-state index in [2.05, 4.69) is 20.0 Å². The van der Waals surface area contributed by atoms with E-state index in [4.69, 9.17) is 5.26 Å². The average molecular weight is 372 g/mol. The SMILES string of the molecule is CCc1nc(SCC(=O)Nc2ccc(C(=O)OC)cc2)[nH]c(=O)c1C#N. The Bertz CT molecular complexity index is 916. The molecule has 2 rings (SSSR count). The molecule has 0 unspecified atom stereocenters. The quantitative estimate of drug-likeness (QED) is 0.449. The molecule has 0 atom stereocenters. The first-order valence-corrected chi connectivity index (χ1v) is 8.61. The maximum Gasteiger partial charge on any atom is 0.337 e. The lowest BCUT2D eigenvalue weighted by Gasteiger charge is -2.07. The van der Waals surface area contributed by atoms with Crippen molar-refractivity contribution >= 4 is 29.3 Å². The Balaban J connectivity index is 1.99. The van der Waals surface area contributed by atoms with E-state index in [0.717, 1.165) is 11.8 Å². The zero-order chi connectivity index (χ0) is 19.1. The van der Waals surface area contributed by atoms with Gasteiger partial charge in [-0.25, -0.2) is 9.78 Å². The molecule has 2 N–H and O–H groups in total. The van der Waals surface area contributed by atoms with E-state index in [1.54, 1.807) is 31.2 Å². The number of nitrogens with one attached hydrogen (secondary N) is 2. The predicted molar refractivity (Wildman–Crippen MR) is 96.1 cm³/mol. The number of rotatable bonds is 6. The smallest absolute Gasteiger partial charge is 0.337 e. The summed E-state index contributed by atoms with van der Waals surface area (Å²) in [5.74, 6) is -0.733. The fourth-order valence-electron chi connectivity index (χ4n) is 2.08. The first kappa shape index (κ1) is 19.2. The third kappa shape index (κ3) is 4.70. The summed E-state index contributed by atoms with van der Waals surface area (Å²) in [4.78, 5) is 41.9. The number of benzene rings is 1. The number of thioether (sulfide) groups is 1. The Labute approximate surface area is 153 Å². The van der Waals surface area contributed by atoms with Crippen molar-refractivity contribution in [3.8, 4) is 6.07 Å². The van der Waals surface area contributed by atoms with Gasteiger partial charge in [0.05, 0.1) is 24.1 Å². The molecule has 1 heterocycles. The summed E-state index contributed by atoms with van der Waals surface area (Å²) < 4.78 is 4.60. The Morgan fingerprint density at radius 2 is 2.04 bits per heavy atom. The molecule has 8 nitrogen and oxygen atoms in total. The molecule has 134 valence electrons. The van der Waals surface area contributed by atoms with Crippen LogP contribution in [0.15, 0.2) is 34.2 Å². The summed E-state index contributed by atoms with van der Waals surface area (Å²) >= 11 is 1.06. The molecular weight excluding hydrogens is 356 g/mol. The number of ether oxygens (including phenoxy) is 1. The lowest BCUT2D eigenvalue weighted by atomic mass is 10.2. The number of aromatic nitrogens is 2. The molecule has 9 heteroatoms. The monoisotopic (exact) mass is 372 g/mol. The number of amides is 1. The number of nitriles is 1. The second-order valence-corrected chi connectivity index (χ2v) is 6.03. The van der Waals surface area contributed by atoms with Gasteiger partial charge in [-0.15, -0.1) is 0 Å². The minimum Gasteiger partial charge on any atom is -0.465 e. The van der Waals surface area contributed by atoms with E-state index < -0.39 is 11.5 Å². The molecule has 0 aliphatic rings. The number of anilines is 1. The van der Waals surface area contributed by atoms with Gasteiger partial charge in [0.15, 0.2) is 5.16 Å². The topological polar surface area (TPSA) is 125 Å². The summed E-state index contributed by atoms with van der Waals surface area (Å²) in [5.41, 5.74) is 0.787.